The summed E-state index contributed by atoms with van der Waals surface area (Å²) < 4.78 is 1.19. The van der Waals surface area contributed by atoms with Crippen LogP contribution < -0.4 is 29.7 Å². The first-order chi connectivity index (χ1) is 14.4. The molecule has 2 nitrogen and oxygen atoms in total. The van der Waals surface area contributed by atoms with Gasteiger partial charge in [0, 0.05) is 0 Å². The Morgan fingerprint density at radius 3 is 1.09 bits per heavy atom. The maximum atomic E-state index is 2.33. The van der Waals surface area contributed by atoms with Crippen molar-refractivity contribution in [1.29, 1.82) is 0 Å². The highest BCUT2D eigenvalue weighted by Gasteiger charge is 2.09. The van der Waals surface area contributed by atoms with E-state index in [0.29, 0.717) is 0 Å². The fourth-order valence-corrected chi connectivity index (χ4v) is 3.80. The third kappa shape index (κ3) is 37.8. The van der Waals surface area contributed by atoms with E-state index in [4.69, 9.17) is 0 Å². The molecule has 0 aromatic carbocycles. The van der Waals surface area contributed by atoms with Gasteiger partial charge in [0.25, 0.3) is 0 Å². The summed E-state index contributed by atoms with van der Waals surface area (Å²) in [7, 11) is 9.16. The van der Waals surface area contributed by atoms with Crippen molar-refractivity contribution in [2.45, 2.75) is 136 Å². The van der Waals surface area contributed by atoms with E-state index in [0.717, 1.165) is 0 Å². The fourth-order valence-electron chi connectivity index (χ4n) is 3.80. The van der Waals surface area contributed by atoms with Gasteiger partial charge >= 0.3 is 0 Å². The molecule has 0 saturated heterocycles. The van der Waals surface area contributed by atoms with Crippen LogP contribution in [0.4, 0.5) is 0 Å². The third-order valence-corrected chi connectivity index (χ3v) is 6.50. The summed E-state index contributed by atoms with van der Waals surface area (Å²) >= 11 is 0. The lowest BCUT2D eigenvalue weighted by atomic mass is 10.1. The van der Waals surface area contributed by atoms with Crippen molar-refractivity contribution >= 4 is 0 Å². The number of nitrogens with one attached hydrogen (secondary N) is 1. The summed E-state index contributed by atoms with van der Waals surface area (Å²) in [4.78, 5) is 1.59. The molecule has 0 rings (SSSR count). The van der Waals surface area contributed by atoms with Crippen LogP contribution >= 0.6 is 0 Å². The fraction of sp³-hybridized carbons (Fsp3) is 1.00. The normalized spacial score (nSPS) is 10.9. The number of rotatable bonds is 21. The molecule has 4 heteroatoms. The molecule has 0 bridgehead atoms. The van der Waals surface area contributed by atoms with Gasteiger partial charge in [0.15, 0.2) is 0 Å². The molecule has 0 amide bonds. The van der Waals surface area contributed by atoms with Crippen LogP contribution in [0.25, 0.3) is 0 Å². The largest absolute Gasteiger partial charge is 1.00 e. The summed E-state index contributed by atoms with van der Waals surface area (Å²) in [5, 5.41) is 0. The predicted molar refractivity (Wildman–Crippen MR) is 140 cm³/mol. The number of halogens is 2. The first-order valence-electron chi connectivity index (χ1n) is 14.0. The number of hydrogen-bond acceptors (Lipinski definition) is 0. The Kier molecular flexibility index (Phi) is 39.1. The average molecular weight is 500 g/mol. The van der Waals surface area contributed by atoms with E-state index in [2.05, 4.69) is 49.0 Å². The minimum Gasteiger partial charge on any atom is -1.00 e. The zero-order valence-corrected chi connectivity index (χ0v) is 25.1. The molecule has 32 heavy (non-hydrogen) atoms. The maximum Gasteiger partial charge on any atom is 0.0782 e. The van der Waals surface area contributed by atoms with E-state index in [1.165, 1.54) is 140 Å². The lowest BCUT2D eigenvalue weighted by molar-refractivity contribution is -0.888. The molecule has 0 fully saturated rings. The minimum absolute atomic E-state index is 0. The summed E-state index contributed by atoms with van der Waals surface area (Å²) in [5.41, 5.74) is 0. The summed E-state index contributed by atoms with van der Waals surface area (Å²) in [5.74, 6) is 0. The van der Waals surface area contributed by atoms with E-state index in [1.54, 1.807) is 4.90 Å². The van der Waals surface area contributed by atoms with Crippen LogP contribution in [0, 0.1) is 0 Å². The van der Waals surface area contributed by atoms with Crippen LogP contribution in [0.3, 0.4) is 0 Å². The van der Waals surface area contributed by atoms with Gasteiger partial charge < -0.3 is 34.2 Å². The van der Waals surface area contributed by atoms with Gasteiger partial charge in [-0.05, 0) is 32.6 Å². The smallest absolute Gasteiger partial charge is 0.0782 e. The van der Waals surface area contributed by atoms with Gasteiger partial charge in [-0.1, -0.05) is 104 Å². The molecular weight excluding hydrogens is 435 g/mol. The van der Waals surface area contributed by atoms with E-state index in [-0.39, 0.29) is 24.8 Å². The lowest BCUT2D eigenvalue weighted by Crippen LogP contribution is -3.05. The maximum absolute atomic E-state index is 2.33. The van der Waals surface area contributed by atoms with Gasteiger partial charge in [-0.25, -0.2) is 0 Å². The van der Waals surface area contributed by atoms with Gasteiger partial charge in [0.1, 0.15) is 0 Å². The monoisotopic (exact) mass is 498 g/mol. The van der Waals surface area contributed by atoms with Crippen molar-refractivity contribution in [1.82, 2.24) is 0 Å². The molecule has 200 valence electrons. The Labute approximate surface area is 218 Å². The van der Waals surface area contributed by atoms with Crippen molar-refractivity contribution in [3.05, 3.63) is 0 Å². The van der Waals surface area contributed by atoms with Crippen LogP contribution in [0.15, 0.2) is 0 Å². The summed E-state index contributed by atoms with van der Waals surface area (Å²) in [6.45, 7) is 10.8. The third-order valence-electron chi connectivity index (χ3n) is 6.50. The van der Waals surface area contributed by atoms with Crippen LogP contribution in [0.2, 0.25) is 0 Å². The number of quaternary nitrogens is 2. The van der Waals surface area contributed by atoms with E-state index < -0.39 is 0 Å². The molecule has 0 heterocycles. The highest BCUT2D eigenvalue weighted by Crippen LogP contribution is 2.11. The first-order valence-corrected chi connectivity index (χ1v) is 14.0. The zero-order valence-electron chi connectivity index (χ0n) is 23.6. The van der Waals surface area contributed by atoms with Gasteiger partial charge in [-0.3, -0.25) is 0 Å². The SMILES string of the molecule is CCCCCCCCCCCC[NH+](C)C.CCCCCCCCCC[N+](C)(C)CC.[Cl-].[Cl-]. The first kappa shape index (κ1) is 39.7. The molecule has 0 aromatic heterocycles. The average Bonchev–Trinajstić information content (AvgIpc) is 2.71. The Bertz CT molecular complexity index is 310. The molecule has 0 aliphatic rings. The Balaban J connectivity index is -0.000000231. The van der Waals surface area contributed by atoms with Gasteiger partial charge in [0.2, 0.25) is 0 Å². The minimum atomic E-state index is 0. The highest BCUT2D eigenvalue weighted by atomic mass is 35.5. The standard InChI is InChI=1S/C14H32N.C14H31N.2ClH/c1-5-7-8-9-10-11-12-13-14-15(3,4)6-2;1-4-5-6-7-8-9-10-11-12-13-14-15(2)3;;/h5-14H2,1-4H3;4-14H2,1-3H3;2*1H/q+1;;;/p-1. The Morgan fingerprint density at radius 2 is 0.781 bits per heavy atom. The molecule has 0 atom stereocenters. The molecule has 0 radical (unpaired) electrons. The molecule has 0 spiro atoms. The van der Waals surface area contributed by atoms with Crippen molar-refractivity contribution < 1.29 is 34.2 Å². The highest BCUT2D eigenvalue weighted by molar-refractivity contribution is 4.47. The lowest BCUT2D eigenvalue weighted by Gasteiger charge is -2.28. The van der Waals surface area contributed by atoms with E-state index in [9.17, 15) is 0 Å². The Morgan fingerprint density at radius 1 is 0.469 bits per heavy atom. The molecule has 0 saturated carbocycles. The van der Waals surface area contributed by atoms with E-state index in [1.807, 2.05) is 0 Å². The number of nitrogens with zero attached hydrogens (tertiary/aromatic N) is 1. The van der Waals surface area contributed by atoms with Crippen LogP contribution in [-0.2, 0) is 0 Å². The molecular formula is C28H64Cl2N2. The van der Waals surface area contributed by atoms with Gasteiger partial charge in [-0.2, -0.15) is 0 Å². The van der Waals surface area contributed by atoms with E-state index >= 15 is 0 Å². The van der Waals surface area contributed by atoms with Crippen molar-refractivity contribution in [3.63, 3.8) is 0 Å². The molecule has 0 unspecified atom stereocenters. The van der Waals surface area contributed by atoms with Crippen molar-refractivity contribution in [2.24, 2.45) is 0 Å². The molecule has 0 aromatic rings. The quantitative estimate of drug-likeness (QED) is 0.179. The second-order valence-corrected chi connectivity index (χ2v) is 10.6. The zero-order chi connectivity index (χ0) is 22.9. The second kappa shape index (κ2) is 31.5. The van der Waals surface area contributed by atoms with Crippen LogP contribution in [0.1, 0.15) is 136 Å². The predicted octanol–water partition coefficient (Wildman–Crippen LogP) is 1.28. The van der Waals surface area contributed by atoms with Gasteiger partial charge in [-0.15, -0.1) is 0 Å². The Hall–Kier alpha value is 0.500. The van der Waals surface area contributed by atoms with Crippen LogP contribution in [0.5, 0.6) is 0 Å². The number of unbranched alkanes of at least 4 members (excludes halogenated alkanes) is 16. The molecule has 0 aliphatic heterocycles. The topological polar surface area (TPSA) is 4.44 Å². The van der Waals surface area contributed by atoms with Crippen molar-refractivity contribution in [2.75, 3.05) is 47.8 Å². The number of hydrogen-bond donors (Lipinski definition) is 1. The summed E-state index contributed by atoms with van der Waals surface area (Å²) in [6.07, 6.45) is 25.9. The molecule has 0 aliphatic carbocycles. The summed E-state index contributed by atoms with van der Waals surface area (Å²) in [6, 6.07) is 0. The van der Waals surface area contributed by atoms with Crippen molar-refractivity contribution in [3.8, 4) is 0 Å². The van der Waals surface area contributed by atoms with Gasteiger partial charge in [0.05, 0.1) is 47.8 Å². The molecule has 1 N–H and O–H groups in total. The second-order valence-electron chi connectivity index (χ2n) is 10.6. The van der Waals surface area contributed by atoms with Crippen LogP contribution in [-0.4, -0.2) is 52.3 Å².